The second kappa shape index (κ2) is 5.21. The van der Waals surface area contributed by atoms with Crippen LogP contribution in [0.2, 0.25) is 0 Å². The molecule has 3 N–H and O–H groups in total. The Hall–Kier alpha value is -1.56. The van der Waals surface area contributed by atoms with Crippen molar-refractivity contribution >= 4 is 11.6 Å². The first-order valence-corrected chi connectivity index (χ1v) is 6.69. The molecule has 1 saturated carbocycles. The van der Waals surface area contributed by atoms with Crippen LogP contribution in [-0.2, 0) is 7.05 Å². The van der Waals surface area contributed by atoms with Crippen LogP contribution in [0.25, 0.3) is 0 Å². The van der Waals surface area contributed by atoms with Gasteiger partial charge in [-0.05, 0) is 26.9 Å². The number of carbonyl (C=O) groups is 1. The van der Waals surface area contributed by atoms with E-state index < -0.39 is 0 Å². The molecule has 6 nitrogen and oxygen atoms in total. The van der Waals surface area contributed by atoms with Gasteiger partial charge in [-0.1, -0.05) is 12.8 Å². The van der Waals surface area contributed by atoms with Gasteiger partial charge in [-0.25, -0.2) is 0 Å². The molecule has 1 aliphatic carbocycles. The van der Waals surface area contributed by atoms with Gasteiger partial charge in [-0.3, -0.25) is 9.48 Å². The minimum Gasteiger partial charge on any atom is -0.396 e. The zero-order valence-electron chi connectivity index (χ0n) is 11.9. The van der Waals surface area contributed by atoms with E-state index in [0.717, 1.165) is 12.8 Å². The predicted molar refractivity (Wildman–Crippen MR) is 74.8 cm³/mol. The molecular formula is C13H23N5O. The average Bonchev–Trinajstić information content (AvgIpc) is 2.94. The molecule has 106 valence electrons. The van der Waals surface area contributed by atoms with Crippen LogP contribution in [0.15, 0.2) is 6.20 Å². The molecule has 1 amide bonds. The molecule has 0 unspecified atom stereocenters. The lowest BCUT2D eigenvalue weighted by Gasteiger charge is -2.36. The van der Waals surface area contributed by atoms with E-state index in [1.165, 1.54) is 12.8 Å². The second-order valence-electron chi connectivity index (χ2n) is 5.62. The Labute approximate surface area is 113 Å². The monoisotopic (exact) mass is 265 g/mol. The molecule has 1 aromatic rings. The summed E-state index contributed by atoms with van der Waals surface area (Å²) in [6.07, 6.45) is 6.34. The Morgan fingerprint density at radius 1 is 1.53 bits per heavy atom. The van der Waals surface area contributed by atoms with Crippen molar-refractivity contribution in [2.24, 2.45) is 7.05 Å². The first-order valence-electron chi connectivity index (χ1n) is 6.69. The number of carbonyl (C=O) groups excluding carboxylic acids is 1. The van der Waals surface area contributed by atoms with Gasteiger partial charge in [0.15, 0.2) is 5.69 Å². The molecule has 0 aliphatic heterocycles. The van der Waals surface area contributed by atoms with Crippen molar-refractivity contribution in [1.29, 1.82) is 0 Å². The summed E-state index contributed by atoms with van der Waals surface area (Å²) < 4.78 is 1.56. The number of rotatable bonds is 4. The third-order valence-electron chi connectivity index (χ3n) is 4.13. The summed E-state index contributed by atoms with van der Waals surface area (Å²) in [7, 11) is 5.91. The molecule has 0 radical (unpaired) electrons. The largest absolute Gasteiger partial charge is 0.396 e. The molecule has 1 heterocycles. The van der Waals surface area contributed by atoms with Crippen molar-refractivity contribution in [3.05, 3.63) is 11.9 Å². The molecule has 0 bridgehead atoms. The van der Waals surface area contributed by atoms with Gasteiger partial charge in [0.1, 0.15) is 0 Å². The smallest absolute Gasteiger partial charge is 0.274 e. The van der Waals surface area contributed by atoms with Gasteiger partial charge < -0.3 is 16.0 Å². The van der Waals surface area contributed by atoms with Gasteiger partial charge in [0.05, 0.1) is 5.69 Å². The number of nitrogens with two attached hydrogens (primary N) is 1. The van der Waals surface area contributed by atoms with E-state index in [0.29, 0.717) is 17.9 Å². The van der Waals surface area contributed by atoms with Crippen LogP contribution >= 0.6 is 0 Å². The number of nitrogen functional groups attached to an aromatic ring is 1. The van der Waals surface area contributed by atoms with Gasteiger partial charge in [0.2, 0.25) is 0 Å². The summed E-state index contributed by atoms with van der Waals surface area (Å²) in [5, 5.41) is 7.07. The Morgan fingerprint density at radius 3 is 2.63 bits per heavy atom. The highest BCUT2D eigenvalue weighted by molar-refractivity contribution is 5.97. The van der Waals surface area contributed by atoms with E-state index in [1.54, 1.807) is 17.9 Å². The fraction of sp³-hybridized carbons (Fsp3) is 0.692. The zero-order chi connectivity index (χ0) is 14.0. The van der Waals surface area contributed by atoms with Crippen LogP contribution in [0.1, 0.15) is 36.2 Å². The van der Waals surface area contributed by atoms with E-state index in [4.69, 9.17) is 5.73 Å². The second-order valence-corrected chi connectivity index (χ2v) is 5.62. The molecule has 0 spiro atoms. The summed E-state index contributed by atoms with van der Waals surface area (Å²) in [5.74, 6) is -0.189. The Balaban J connectivity index is 2.02. The van der Waals surface area contributed by atoms with Crippen molar-refractivity contribution in [2.45, 2.75) is 31.2 Å². The summed E-state index contributed by atoms with van der Waals surface area (Å²) in [5.41, 5.74) is 6.58. The average molecular weight is 265 g/mol. The van der Waals surface area contributed by atoms with Crippen LogP contribution in [0.4, 0.5) is 5.69 Å². The molecule has 6 heteroatoms. The standard InChI is InChI=1S/C13H23N5O/c1-17(2)13(6-4-5-7-13)9-15-12(19)11-10(14)8-18(3)16-11/h8H,4-7,9,14H2,1-3H3,(H,15,19). The van der Waals surface area contributed by atoms with E-state index in [-0.39, 0.29) is 11.4 Å². The number of aromatic nitrogens is 2. The van der Waals surface area contributed by atoms with E-state index in [1.807, 2.05) is 0 Å². The molecule has 0 aromatic carbocycles. The maximum Gasteiger partial charge on any atom is 0.274 e. The van der Waals surface area contributed by atoms with Crippen molar-refractivity contribution in [2.75, 3.05) is 26.4 Å². The Bertz CT molecular complexity index is 460. The lowest BCUT2D eigenvalue weighted by Crippen LogP contribution is -2.50. The molecule has 1 aromatic heterocycles. The normalized spacial score (nSPS) is 17.9. The quantitative estimate of drug-likeness (QED) is 0.836. The minimum absolute atomic E-state index is 0.0825. The fourth-order valence-corrected chi connectivity index (χ4v) is 2.83. The van der Waals surface area contributed by atoms with Gasteiger partial charge in [0, 0.05) is 25.3 Å². The number of nitrogens with one attached hydrogen (secondary N) is 1. The van der Waals surface area contributed by atoms with Crippen molar-refractivity contribution in [3.8, 4) is 0 Å². The molecule has 0 saturated heterocycles. The van der Waals surface area contributed by atoms with Crippen LogP contribution < -0.4 is 11.1 Å². The number of hydrogen-bond acceptors (Lipinski definition) is 4. The first-order chi connectivity index (χ1) is 8.94. The first kappa shape index (κ1) is 13.9. The number of likely N-dealkylation sites (N-methyl/N-ethyl adjacent to an activating group) is 1. The molecule has 0 atom stereocenters. The van der Waals surface area contributed by atoms with Gasteiger partial charge in [-0.15, -0.1) is 0 Å². The third-order valence-corrected chi connectivity index (χ3v) is 4.13. The van der Waals surface area contributed by atoms with Crippen molar-refractivity contribution < 1.29 is 4.79 Å². The third kappa shape index (κ3) is 2.73. The highest BCUT2D eigenvalue weighted by Crippen LogP contribution is 2.33. The lowest BCUT2D eigenvalue weighted by atomic mass is 9.96. The highest BCUT2D eigenvalue weighted by Gasteiger charge is 2.36. The highest BCUT2D eigenvalue weighted by atomic mass is 16.2. The maximum absolute atomic E-state index is 12.1. The van der Waals surface area contributed by atoms with Crippen molar-refractivity contribution in [3.63, 3.8) is 0 Å². The summed E-state index contributed by atoms with van der Waals surface area (Å²) in [6, 6.07) is 0. The number of amides is 1. The van der Waals surface area contributed by atoms with Crippen molar-refractivity contribution in [1.82, 2.24) is 20.0 Å². The topological polar surface area (TPSA) is 76.2 Å². The van der Waals surface area contributed by atoms with Crippen LogP contribution in [0.3, 0.4) is 0 Å². The van der Waals surface area contributed by atoms with Gasteiger partial charge in [-0.2, -0.15) is 5.10 Å². The van der Waals surface area contributed by atoms with E-state index in [2.05, 4.69) is 29.4 Å². The van der Waals surface area contributed by atoms with Crippen LogP contribution in [0.5, 0.6) is 0 Å². The maximum atomic E-state index is 12.1. The van der Waals surface area contributed by atoms with E-state index >= 15 is 0 Å². The zero-order valence-corrected chi connectivity index (χ0v) is 11.9. The molecule has 19 heavy (non-hydrogen) atoms. The summed E-state index contributed by atoms with van der Waals surface area (Å²) >= 11 is 0. The Kier molecular flexibility index (Phi) is 3.80. The SMILES string of the molecule is CN(C)C1(CNC(=O)c2nn(C)cc2N)CCCC1. The number of hydrogen-bond donors (Lipinski definition) is 2. The molecule has 1 fully saturated rings. The van der Waals surface area contributed by atoms with Crippen LogP contribution in [0, 0.1) is 0 Å². The predicted octanol–water partition coefficient (Wildman–Crippen LogP) is 0.606. The van der Waals surface area contributed by atoms with E-state index in [9.17, 15) is 4.79 Å². The summed E-state index contributed by atoms with van der Waals surface area (Å²) in [6.45, 7) is 0.648. The lowest BCUT2D eigenvalue weighted by molar-refractivity contribution is 0.0895. The molecule has 1 aliphatic rings. The minimum atomic E-state index is -0.189. The number of aryl methyl sites for hydroxylation is 1. The molecule has 2 rings (SSSR count). The molecular weight excluding hydrogens is 242 g/mol. The number of nitrogens with zero attached hydrogens (tertiary/aromatic N) is 3. The number of anilines is 1. The van der Waals surface area contributed by atoms with Gasteiger partial charge in [0.25, 0.3) is 5.91 Å². The van der Waals surface area contributed by atoms with Gasteiger partial charge >= 0.3 is 0 Å². The fourth-order valence-electron chi connectivity index (χ4n) is 2.83. The van der Waals surface area contributed by atoms with Crippen LogP contribution in [-0.4, -0.2) is 46.8 Å². The summed E-state index contributed by atoms with van der Waals surface area (Å²) in [4.78, 5) is 14.3. The Morgan fingerprint density at radius 2 is 2.16 bits per heavy atom.